The second-order valence-electron chi connectivity index (χ2n) is 9.08. The van der Waals surface area contributed by atoms with E-state index in [2.05, 4.69) is 42.7 Å². The summed E-state index contributed by atoms with van der Waals surface area (Å²) in [5.41, 5.74) is 1.60. The minimum absolute atomic E-state index is 0.128. The van der Waals surface area contributed by atoms with E-state index in [0.29, 0.717) is 18.3 Å². The topological polar surface area (TPSA) is 43.7 Å². The third-order valence-electron chi connectivity index (χ3n) is 7.08. The van der Waals surface area contributed by atoms with Crippen LogP contribution < -0.4 is 0 Å². The summed E-state index contributed by atoms with van der Waals surface area (Å²) in [6.07, 6.45) is 13.4. The minimum Gasteiger partial charge on any atom is -0.392 e. The third kappa shape index (κ3) is 7.28. The van der Waals surface area contributed by atoms with Gasteiger partial charge in [0, 0.05) is 12.3 Å². The SMILES string of the molecule is CC#CC[C@@H](C)[C@H](O)/C=C/[C@@H]1[C@H]2C/C(=C/CCCCN(CC)CC)C[C@H]2C[C@H]1O. The van der Waals surface area contributed by atoms with Crippen LogP contribution in [-0.2, 0) is 0 Å². The van der Waals surface area contributed by atoms with Crippen molar-refractivity contribution in [3.8, 4) is 11.8 Å². The summed E-state index contributed by atoms with van der Waals surface area (Å²) in [5.74, 6) is 7.41. The first-order valence-corrected chi connectivity index (χ1v) is 11.8. The normalized spacial score (nSPS) is 30.0. The Morgan fingerprint density at radius 2 is 1.97 bits per heavy atom. The van der Waals surface area contributed by atoms with Crippen molar-refractivity contribution in [3.05, 3.63) is 23.8 Å². The van der Waals surface area contributed by atoms with E-state index in [-0.39, 0.29) is 17.9 Å². The zero-order chi connectivity index (χ0) is 21.2. The molecular weight excluding hydrogens is 358 g/mol. The molecule has 0 aromatic rings. The van der Waals surface area contributed by atoms with E-state index in [1.54, 1.807) is 5.57 Å². The molecule has 0 radical (unpaired) electrons. The highest BCUT2D eigenvalue weighted by atomic mass is 16.3. The second kappa shape index (κ2) is 12.6. The smallest absolute Gasteiger partial charge is 0.0755 e. The highest BCUT2D eigenvalue weighted by molar-refractivity contribution is 5.18. The Morgan fingerprint density at radius 1 is 1.21 bits per heavy atom. The van der Waals surface area contributed by atoms with Crippen LogP contribution in [0.5, 0.6) is 0 Å². The molecule has 2 N–H and O–H groups in total. The number of aliphatic hydroxyl groups excluding tert-OH is 2. The fourth-order valence-electron chi connectivity index (χ4n) is 5.08. The van der Waals surface area contributed by atoms with Crippen molar-refractivity contribution in [1.82, 2.24) is 4.90 Å². The molecule has 3 nitrogen and oxygen atoms in total. The summed E-state index contributed by atoms with van der Waals surface area (Å²) in [7, 11) is 0. The summed E-state index contributed by atoms with van der Waals surface area (Å²) in [6.45, 7) is 11.9. The molecule has 0 aromatic heterocycles. The molecule has 2 aliphatic carbocycles. The Bertz CT molecular complexity index is 596. The number of allylic oxidation sites excluding steroid dienone is 2. The number of fused-ring (bicyclic) bond motifs is 1. The van der Waals surface area contributed by atoms with Crippen molar-refractivity contribution in [3.63, 3.8) is 0 Å². The van der Waals surface area contributed by atoms with Crippen molar-refractivity contribution >= 4 is 0 Å². The Kier molecular flexibility index (Phi) is 10.5. The van der Waals surface area contributed by atoms with Gasteiger partial charge in [-0.3, -0.25) is 0 Å². The monoisotopic (exact) mass is 401 g/mol. The number of nitrogens with zero attached hydrogens (tertiary/aromatic N) is 1. The first-order chi connectivity index (χ1) is 14.0. The van der Waals surface area contributed by atoms with Crippen LogP contribution in [-0.4, -0.2) is 47.0 Å². The highest BCUT2D eigenvalue weighted by Gasteiger charge is 2.44. The fraction of sp³-hybridized carbons (Fsp3) is 0.769. The summed E-state index contributed by atoms with van der Waals surface area (Å²) < 4.78 is 0. The Balaban J connectivity index is 1.81. The number of aliphatic hydroxyl groups is 2. The van der Waals surface area contributed by atoms with Crippen LogP contribution in [0.2, 0.25) is 0 Å². The first-order valence-electron chi connectivity index (χ1n) is 11.8. The maximum atomic E-state index is 10.5. The van der Waals surface area contributed by atoms with Crippen molar-refractivity contribution in [2.24, 2.45) is 23.7 Å². The van der Waals surface area contributed by atoms with Gasteiger partial charge in [-0.15, -0.1) is 11.8 Å². The van der Waals surface area contributed by atoms with E-state index < -0.39 is 6.10 Å². The molecule has 3 heteroatoms. The van der Waals surface area contributed by atoms with Crippen LogP contribution in [0.15, 0.2) is 23.8 Å². The van der Waals surface area contributed by atoms with Gasteiger partial charge < -0.3 is 15.1 Å². The summed E-state index contributed by atoms with van der Waals surface area (Å²) in [5, 5.41) is 20.9. The van der Waals surface area contributed by atoms with Gasteiger partial charge in [0.05, 0.1) is 12.2 Å². The molecule has 0 aromatic carbocycles. The van der Waals surface area contributed by atoms with Gasteiger partial charge in [-0.2, -0.15) is 0 Å². The quantitative estimate of drug-likeness (QED) is 0.297. The molecule has 2 aliphatic rings. The lowest BCUT2D eigenvalue weighted by Crippen LogP contribution is -2.23. The number of rotatable bonds is 11. The molecule has 0 heterocycles. The molecule has 29 heavy (non-hydrogen) atoms. The van der Waals surface area contributed by atoms with Gasteiger partial charge >= 0.3 is 0 Å². The lowest BCUT2D eigenvalue weighted by molar-refractivity contribution is 0.137. The zero-order valence-electron chi connectivity index (χ0n) is 19.1. The molecule has 2 fully saturated rings. The van der Waals surface area contributed by atoms with Crippen molar-refractivity contribution in [1.29, 1.82) is 0 Å². The Labute approximate surface area is 179 Å². The lowest BCUT2D eigenvalue weighted by Gasteiger charge is -2.19. The average molecular weight is 402 g/mol. The Hall–Kier alpha value is -1.08. The van der Waals surface area contributed by atoms with Crippen molar-refractivity contribution < 1.29 is 10.2 Å². The largest absolute Gasteiger partial charge is 0.392 e. The molecule has 0 amide bonds. The third-order valence-corrected chi connectivity index (χ3v) is 7.08. The van der Waals surface area contributed by atoms with Gasteiger partial charge in [0.1, 0.15) is 0 Å². The molecule has 164 valence electrons. The van der Waals surface area contributed by atoms with Gasteiger partial charge in [-0.25, -0.2) is 0 Å². The Morgan fingerprint density at radius 3 is 2.66 bits per heavy atom. The van der Waals surface area contributed by atoms with E-state index >= 15 is 0 Å². The van der Waals surface area contributed by atoms with Gasteiger partial charge in [0.15, 0.2) is 0 Å². The molecule has 0 aliphatic heterocycles. The number of hydrogen-bond acceptors (Lipinski definition) is 3. The minimum atomic E-state index is -0.482. The van der Waals surface area contributed by atoms with Gasteiger partial charge in [0.25, 0.3) is 0 Å². The summed E-state index contributed by atoms with van der Waals surface area (Å²) in [6, 6.07) is 0. The van der Waals surface area contributed by atoms with Gasteiger partial charge in [-0.05, 0) is 82.8 Å². The second-order valence-corrected chi connectivity index (χ2v) is 9.08. The predicted octanol–water partition coefficient (Wildman–Crippen LogP) is 4.80. The fourth-order valence-corrected chi connectivity index (χ4v) is 5.08. The first kappa shape index (κ1) is 24.2. The van der Waals surface area contributed by atoms with Crippen LogP contribution in [0.3, 0.4) is 0 Å². The van der Waals surface area contributed by atoms with Crippen LogP contribution in [0.1, 0.15) is 72.6 Å². The highest BCUT2D eigenvalue weighted by Crippen LogP contribution is 2.50. The molecule has 6 atom stereocenters. The zero-order valence-corrected chi connectivity index (χ0v) is 19.1. The maximum absolute atomic E-state index is 10.5. The molecule has 2 saturated carbocycles. The van der Waals surface area contributed by atoms with Gasteiger partial charge in [-0.1, -0.05) is 44.6 Å². The standard InChI is InChI=1S/C26H43NO2/c1-5-8-12-20(4)25(28)15-14-23-24-18-21(17-22(24)19-26(23)29)13-10-9-11-16-27(6-2)7-3/h13-15,20,22-26,28-29H,6-7,9-12,16-19H2,1-4H3/b15-14+,21-13+/t20-,22+,23-,24+,25-,26-/m1/s1. The van der Waals surface area contributed by atoms with Crippen molar-refractivity contribution in [2.75, 3.05) is 19.6 Å². The lowest BCUT2D eigenvalue weighted by atomic mass is 9.89. The maximum Gasteiger partial charge on any atom is 0.0755 e. The van der Waals surface area contributed by atoms with Crippen LogP contribution in [0.25, 0.3) is 0 Å². The van der Waals surface area contributed by atoms with Gasteiger partial charge in [0.2, 0.25) is 0 Å². The molecule has 0 saturated heterocycles. The summed E-state index contributed by atoms with van der Waals surface area (Å²) in [4.78, 5) is 2.50. The predicted molar refractivity (Wildman–Crippen MR) is 122 cm³/mol. The van der Waals surface area contributed by atoms with E-state index in [4.69, 9.17) is 0 Å². The molecule has 2 rings (SSSR count). The van der Waals surface area contributed by atoms with Crippen LogP contribution >= 0.6 is 0 Å². The van der Waals surface area contributed by atoms with Crippen LogP contribution in [0, 0.1) is 35.5 Å². The molecular formula is C26H43NO2. The van der Waals surface area contributed by atoms with E-state index in [9.17, 15) is 10.2 Å². The summed E-state index contributed by atoms with van der Waals surface area (Å²) >= 11 is 0. The van der Waals surface area contributed by atoms with Crippen LogP contribution in [0.4, 0.5) is 0 Å². The van der Waals surface area contributed by atoms with E-state index in [0.717, 1.165) is 32.4 Å². The molecule has 0 unspecified atom stereocenters. The number of unbranched alkanes of at least 4 members (excludes halogenated alkanes) is 2. The van der Waals surface area contributed by atoms with E-state index in [1.165, 1.54) is 25.8 Å². The molecule has 0 spiro atoms. The number of hydrogen-bond donors (Lipinski definition) is 2. The van der Waals surface area contributed by atoms with Crippen molar-refractivity contribution in [2.45, 2.75) is 84.8 Å². The van der Waals surface area contributed by atoms with E-state index in [1.807, 2.05) is 19.9 Å². The average Bonchev–Trinajstić information content (AvgIpc) is 3.23. The molecule has 0 bridgehead atoms.